The van der Waals surface area contributed by atoms with Crippen LogP contribution in [0.1, 0.15) is 0 Å². The topological polar surface area (TPSA) is 52.6 Å². The van der Waals surface area contributed by atoms with Crippen molar-refractivity contribution in [3.63, 3.8) is 0 Å². The standard InChI is InChI=1S/C13H8F4O4S/c14-9-4-3-5-10(8-9)21-22(18,19)12-7-2-1-6-11(12)20-13(15,16)17/h1-8H. The average Bonchev–Trinajstić information content (AvgIpc) is 2.36. The highest BCUT2D eigenvalue weighted by atomic mass is 32.2. The molecule has 0 amide bonds. The number of ether oxygens (including phenoxy) is 1. The summed E-state index contributed by atoms with van der Waals surface area (Å²) in [5, 5.41) is 0. The molecule has 9 heteroatoms. The molecule has 0 aliphatic rings. The zero-order chi connectivity index (χ0) is 16.4. The molecule has 22 heavy (non-hydrogen) atoms. The van der Waals surface area contributed by atoms with Crippen LogP contribution in [0.2, 0.25) is 0 Å². The summed E-state index contributed by atoms with van der Waals surface area (Å²) in [5.41, 5.74) is 0. The lowest BCUT2D eigenvalue weighted by Gasteiger charge is -2.13. The maximum Gasteiger partial charge on any atom is 0.573 e. The van der Waals surface area contributed by atoms with Crippen LogP contribution in [0.15, 0.2) is 53.4 Å². The van der Waals surface area contributed by atoms with Crippen LogP contribution in [0.3, 0.4) is 0 Å². The average molecular weight is 336 g/mol. The van der Waals surface area contributed by atoms with Crippen LogP contribution in [0, 0.1) is 5.82 Å². The Morgan fingerprint density at radius 2 is 1.64 bits per heavy atom. The highest BCUT2D eigenvalue weighted by Crippen LogP contribution is 2.31. The molecule has 0 unspecified atom stereocenters. The number of rotatable bonds is 4. The van der Waals surface area contributed by atoms with Crippen molar-refractivity contribution < 1.29 is 34.9 Å². The van der Waals surface area contributed by atoms with Gasteiger partial charge in [-0.3, -0.25) is 0 Å². The van der Waals surface area contributed by atoms with Gasteiger partial charge < -0.3 is 8.92 Å². The van der Waals surface area contributed by atoms with Crippen LogP contribution < -0.4 is 8.92 Å². The number of alkyl halides is 3. The second kappa shape index (κ2) is 5.84. The fraction of sp³-hybridized carbons (Fsp3) is 0.0769. The number of benzene rings is 2. The van der Waals surface area contributed by atoms with E-state index in [0.717, 1.165) is 30.3 Å². The zero-order valence-electron chi connectivity index (χ0n) is 10.7. The SMILES string of the molecule is O=S(=O)(Oc1cccc(F)c1)c1ccccc1OC(F)(F)F. The Hall–Kier alpha value is -2.29. The first kappa shape index (κ1) is 16.1. The van der Waals surface area contributed by atoms with Crippen LogP contribution in [0.4, 0.5) is 17.6 Å². The predicted molar refractivity (Wildman–Crippen MR) is 67.3 cm³/mol. The number of para-hydroxylation sites is 1. The van der Waals surface area contributed by atoms with Gasteiger partial charge in [0.05, 0.1) is 0 Å². The van der Waals surface area contributed by atoms with Crippen molar-refractivity contribution in [1.82, 2.24) is 0 Å². The van der Waals surface area contributed by atoms with Crippen LogP contribution in [-0.4, -0.2) is 14.8 Å². The highest BCUT2D eigenvalue weighted by Gasteiger charge is 2.34. The monoisotopic (exact) mass is 336 g/mol. The summed E-state index contributed by atoms with van der Waals surface area (Å²) in [7, 11) is -4.62. The molecule has 0 N–H and O–H groups in total. The number of hydrogen-bond donors (Lipinski definition) is 0. The van der Waals surface area contributed by atoms with Crippen molar-refractivity contribution in [2.75, 3.05) is 0 Å². The molecular formula is C13H8F4O4S. The first-order valence-electron chi connectivity index (χ1n) is 5.72. The van der Waals surface area contributed by atoms with Crippen molar-refractivity contribution >= 4 is 10.1 Å². The number of halogens is 4. The fourth-order valence-electron chi connectivity index (χ4n) is 1.56. The lowest BCUT2D eigenvalue weighted by molar-refractivity contribution is -0.275. The summed E-state index contributed by atoms with van der Waals surface area (Å²) in [6.45, 7) is 0. The van der Waals surface area contributed by atoms with E-state index >= 15 is 0 Å². The van der Waals surface area contributed by atoms with Gasteiger partial charge in [-0.15, -0.1) is 13.2 Å². The Bertz CT molecular complexity index is 772. The van der Waals surface area contributed by atoms with E-state index in [9.17, 15) is 26.0 Å². The second-order valence-corrected chi connectivity index (χ2v) is 5.50. The third kappa shape index (κ3) is 4.10. The van der Waals surface area contributed by atoms with Gasteiger partial charge in [-0.25, -0.2) is 4.39 Å². The van der Waals surface area contributed by atoms with Gasteiger partial charge in [0.25, 0.3) is 0 Å². The first-order valence-corrected chi connectivity index (χ1v) is 7.13. The van der Waals surface area contributed by atoms with Crippen LogP contribution in [0.25, 0.3) is 0 Å². The van der Waals surface area contributed by atoms with E-state index in [2.05, 4.69) is 8.92 Å². The molecule has 2 aromatic rings. The summed E-state index contributed by atoms with van der Waals surface area (Å²) in [6.07, 6.45) is -5.07. The predicted octanol–water partition coefficient (Wildman–Crippen LogP) is 3.49. The normalized spacial score (nSPS) is 12.0. The summed E-state index contributed by atoms with van der Waals surface area (Å²) in [6, 6.07) is 8.26. The third-order valence-corrected chi connectivity index (χ3v) is 3.63. The van der Waals surface area contributed by atoms with Gasteiger partial charge in [0.2, 0.25) is 0 Å². The van der Waals surface area contributed by atoms with Gasteiger partial charge in [-0.05, 0) is 24.3 Å². The maximum absolute atomic E-state index is 13.0. The Balaban J connectivity index is 2.38. The van der Waals surface area contributed by atoms with Crippen LogP contribution in [-0.2, 0) is 10.1 Å². The molecule has 118 valence electrons. The van der Waals surface area contributed by atoms with Gasteiger partial charge in [0, 0.05) is 6.07 Å². The lowest BCUT2D eigenvalue weighted by atomic mass is 10.3. The molecule has 0 aromatic heterocycles. The highest BCUT2D eigenvalue weighted by molar-refractivity contribution is 7.87. The molecule has 0 saturated carbocycles. The minimum Gasteiger partial charge on any atom is -0.404 e. The second-order valence-electron chi connectivity index (χ2n) is 3.99. The summed E-state index contributed by atoms with van der Waals surface area (Å²) in [4.78, 5) is -0.823. The zero-order valence-corrected chi connectivity index (χ0v) is 11.5. The van der Waals surface area contributed by atoms with Gasteiger partial charge in [0.1, 0.15) is 16.5 Å². The summed E-state index contributed by atoms with van der Waals surface area (Å²) >= 11 is 0. The van der Waals surface area contributed by atoms with E-state index in [4.69, 9.17) is 0 Å². The molecule has 0 spiro atoms. The molecule has 2 rings (SSSR count). The molecule has 0 saturated heterocycles. The molecule has 0 aliphatic heterocycles. The van der Waals surface area contributed by atoms with Gasteiger partial charge in [-0.2, -0.15) is 8.42 Å². The van der Waals surface area contributed by atoms with E-state index in [1.54, 1.807) is 0 Å². The van der Waals surface area contributed by atoms with Crippen LogP contribution in [0.5, 0.6) is 11.5 Å². The van der Waals surface area contributed by atoms with E-state index < -0.39 is 32.9 Å². The Morgan fingerprint density at radius 3 is 2.27 bits per heavy atom. The number of hydrogen-bond acceptors (Lipinski definition) is 4. The smallest absolute Gasteiger partial charge is 0.404 e. The minimum atomic E-state index is -5.07. The Labute approximate surface area is 123 Å². The van der Waals surface area contributed by atoms with Gasteiger partial charge >= 0.3 is 16.5 Å². The summed E-state index contributed by atoms with van der Waals surface area (Å²) in [5.74, 6) is -2.07. The van der Waals surface area contributed by atoms with Crippen LogP contribution >= 0.6 is 0 Å². The van der Waals surface area contributed by atoms with Crippen molar-refractivity contribution in [2.45, 2.75) is 11.3 Å². The van der Waals surface area contributed by atoms with E-state index in [1.807, 2.05) is 0 Å². The molecule has 0 aliphatic carbocycles. The maximum atomic E-state index is 13.0. The van der Waals surface area contributed by atoms with E-state index in [-0.39, 0.29) is 5.75 Å². The first-order chi connectivity index (χ1) is 10.2. The summed E-state index contributed by atoms with van der Waals surface area (Å²) < 4.78 is 82.2. The van der Waals surface area contributed by atoms with Crippen molar-refractivity contribution in [2.24, 2.45) is 0 Å². The van der Waals surface area contributed by atoms with Gasteiger partial charge in [0.15, 0.2) is 5.75 Å². The fourth-order valence-corrected chi connectivity index (χ4v) is 2.60. The molecule has 0 heterocycles. The molecule has 4 nitrogen and oxygen atoms in total. The Kier molecular flexibility index (Phi) is 4.27. The molecule has 0 atom stereocenters. The third-order valence-electron chi connectivity index (χ3n) is 2.35. The van der Waals surface area contributed by atoms with E-state index in [1.165, 1.54) is 18.2 Å². The van der Waals surface area contributed by atoms with E-state index in [0.29, 0.717) is 0 Å². The van der Waals surface area contributed by atoms with Crippen molar-refractivity contribution in [1.29, 1.82) is 0 Å². The molecule has 0 fully saturated rings. The minimum absolute atomic E-state index is 0.373. The molecule has 0 bridgehead atoms. The molecule has 2 aromatic carbocycles. The Morgan fingerprint density at radius 1 is 0.955 bits per heavy atom. The molecular weight excluding hydrogens is 328 g/mol. The largest absolute Gasteiger partial charge is 0.573 e. The lowest BCUT2D eigenvalue weighted by Crippen LogP contribution is -2.20. The van der Waals surface area contributed by atoms with Crippen molar-refractivity contribution in [3.8, 4) is 11.5 Å². The van der Waals surface area contributed by atoms with Crippen molar-refractivity contribution in [3.05, 3.63) is 54.3 Å². The van der Waals surface area contributed by atoms with Gasteiger partial charge in [-0.1, -0.05) is 18.2 Å². The molecule has 0 radical (unpaired) electrons. The quantitative estimate of drug-likeness (QED) is 0.633.